The average molecular weight is 355 g/mol. The fraction of sp³-hybridized carbons (Fsp3) is 0.444. The van der Waals surface area contributed by atoms with Crippen LogP contribution in [0.25, 0.3) is 5.65 Å². The van der Waals surface area contributed by atoms with Gasteiger partial charge in [-0.25, -0.2) is 9.50 Å². The molecule has 2 unspecified atom stereocenters. The molecule has 0 spiro atoms. The van der Waals surface area contributed by atoms with Crippen LogP contribution >= 0.6 is 0 Å². The van der Waals surface area contributed by atoms with E-state index in [-0.39, 0.29) is 5.97 Å². The van der Waals surface area contributed by atoms with Crippen molar-refractivity contribution in [3.63, 3.8) is 0 Å². The Morgan fingerprint density at radius 1 is 1.38 bits per heavy atom. The van der Waals surface area contributed by atoms with E-state index < -0.39 is 17.3 Å². The van der Waals surface area contributed by atoms with E-state index in [0.29, 0.717) is 18.1 Å². The van der Waals surface area contributed by atoms with E-state index >= 15 is 0 Å². The number of carbonyl (C=O) groups excluding carboxylic acids is 1. The van der Waals surface area contributed by atoms with Crippen LogP contribution in [-0.2, 0) is 14.9 Å². The van der Waals surface area contributed by atoms with Gasteiger partial charge in [-0.15, -0.1) is 5.10 Å². The van der Waals surface area contributed by atoms with Gasteiger partial charge in [-0.3, -0.25) is 9.48 Å². The molecule has 0 bridgehead atoms. The standard InChI is InChI=1S/C18H18FN5O2/c1-18(10-7-21-23(9-10)11-3-4-11)6-12(17(25)26-2)13-8-20-15-5-14(19)22-24(15)16(13)18/h5,7-9,11-12H,3-4,6H2,1-2H3. The molecule has 134 valence electrons. The van der Waals surface area contributed by atoms with Crippen molar-refractivity contribution in [2.45, 2.75) is 43.6 Å². The largest absolute Gasteiger partial charge is 0.469 e. The lowest BCUT2D eigenvalue weighted by atomic mass is 9.80. The van der Waals surface area contributed by atoms with E-state index in [1.54, 1.807) is 6.20 Å². The number of methoxy groups -OCH3 is 1. The molecule has 3 aromatic heterocycles. The predicted octanol–water partition coefficient (Wildman–Crippen LogP) is 2.37. The molecule has 0 aliphatic heterocycles. The number of carbonyl (C=O) groups is 1. The molecule has 0 amide bonds. The summed E-state index contributed by atoms with van der Waals surface area (Å²) in [6, 6.07) is 1.75. The number of nitrogens with zero attached hydrogens (tertiary/aromatic N) is 5. The van der Waals surface area contributed by atoms with Crippen LogP contribution in [0.4, 0.5) is 4.39 Å². The summed E-state index contributed by atoms with van der Waals surface area (Å²) in [4.78, 5) is 16.7. The van der Waals surface area contributed by atoms with Crippen molar-refractivity contribution in [2.24, 2.45) is 0 Å². The monoisotopic (exact) mass is 355 g/mol. The molecule has 8 heteroatoms. The molecule has 5 rings (SSSR count). The zero-order valence-electron chi connectivity index (χ0n) is 14.5. The first-order valence-electron chi connectivity index (χ1n) is 8.68. The molecule has 0 N–H and O–H groups in total. The Balaban J connectivity index is 1.73. The van der Waals surface area contributed by atoms with Crippen molar-refractivity contribution in [1.29, 1.82) is 0 Å². The van der Waals surface area contributed by atoms with Crippen molar-refractivity contribution in [1.82, 2.24) is 24.4 Å². The molecule has 2 aliphatic carbocycles. The summed E-state index contributed by atoms with van der Waals surface area (Å²) in [6.07, 6.45) is 8.30. The van der Waals surface area contributed by atoms with Crippen LogP contribution in [-0.4, -0.2) is 37.5 Å². The first kappa shape index (κ1) is 15.5. The fourth-order valence-electron chi connectivity index (χ4n) is 4.11. The first-order valence-corrected chi connectivity index (χ1v) is 8.68. The summed E-state index contributed by atoms with van der Waals surface area (Å²) in [6.45, 7) is 2.04. The molecular weight excluding hydrogens is 337 g/mol. The molecule has 2 atom stereocenters. The Kier molecular flexibility index (Phi) is 3.05. The maximum atomic E-state index is 13.8. The lowest BCUT2D eigenvalue weighted by Crippen LogP contribution is -2.24. The Morgan fingerprint density at radius 2 is 2.19 bits per heavy atom. The maximum absolute atomic E-state index is 13.8. The lowest BCUT2D eigenvalue weighted by Gasteiger charge is -2.24. The molecule has 1 saturated carbocycles. The molecule has 3 heterocycles. The quantitative estimate of drug-likeness (QED) is 0.674. The van der Waals surface area contributed by atoms with Crippen LogP contribution in [0.5, 0.6) is 0 Å². The third-order valence-corrected chi connectivity index (χ3v) is 5.64. The maximum Gasteiger partial charge on any atom is 0.313 e. The second kappa shape index (κ2) is 5.12. The number of esters is 1. The van der Waals surface area contributed by atoms with Crippen LogP contribution in [0.1, 0.15) is 55.0 Å². The predicted molar refractivity (Wildman–Crippen MR) is 89.3 cm³/mol. The van der Waals surface area contributed by atoms with Gasteiger partial charge in [-0.2, -0.15) is 9.49 Å². The topological polar surface area (TPSA) is 74.3 Å². The number of halogens is 1. The Labute approximate surface area is 148 Å². The van der Waals surface area contributed by atoms with Gasteiger partial charge in [0.1, 0.15) is 0 Å². The van der Waals surface area contributed by atoms with Crippen LogP contribution in [0, 0.1) is 5.95 Å². The van der Waals surface area contributed by atoms with E-state index in [1.165, 1.54) is 17.7 Å². The molecule has 1 fully saturated rings. The van der Waals surface area contributed by atoms with E-state index in [1.807, 2.05) is 24.0 Å². The molecule has 0 aromatic carbocycles. The van der Waals surface area contributed by atoms with Crippen molar-refractivity contribution in [3.8, 4) is 0 Å². The van der Waals surface area contributed by atoms with E-state index in [9.17, 15) is 9.18 Å². The number of fused-ring (bicyclic) bond motifs is 3. The van der Waals surface area contributed by atoms with Crippen LogP contribution < -0.4 is 0 Å². The van der Waals surface area contributed by atoms with Gasteiger partial charge in [0.2, 0.25) is 5.95 Å². The van der Waals surface area contributed by atoms with Gasteiger partial charge < -0.3 is 4.74 Å². The summed E-state index contributed by atoms with van der Waals surface area (Å²) in [5.41, 5.74) is 2.38. The fourth-order valence-corrected chi connectivity index (χ4v) is 4.11. The number of ether oxygens (including phenoxy) is 1. The Morgan fingerprint density at radius 3 is 2.92 bits per heavy atom. The highest BCUT2D eigenvalue weighted by molar-refractivity contribution is 5.80. The summed E-state index contributed by atoms with van der Waals surface area (Å²) >= 11 is 0. The SMILES string of the molecule is COC(=O)C1CC(C)(c2cnn(C3CC3)c2)c2c1cnc1cc(F)nn21. The Hall–Kier alpha value is -2.77. The van der Waals surface area contributed by atoms with Gasteiger partial charge >= 0.3 is 5.97 Å². The molecule has 2 aliphatic rings. The van der Waals surface area contributed by atoms with Gasteiger partial charge in [0.05, 0.1) is 31.0 Å². The van der Waals surface area contributed by atoms with Gasteiger partial charge in [-0.05, 0) is 26.2 Å². The van der Waals surface area contributed by atoms with E-state index in [0.717, 1.165) is 29.7 Å². The van der Waals surface area contributed by atoms with E-state index in [2.05, 4.69) is 15.2 Å². The van der Waals surface area contributed by atoms with E-state index in [4.69, 9.17) is 4.74 Å². The number of hydrogen-bond donors (Lipinski definition) is 0. The minimum atomic E-state index is -0.594. The second-order valence-electron chi connectivity index (χ2n) is 7.35. The highest BCUT2D eigenvalue weighted by atomic mass is 19.1. The first-order chi connectivity index (χ1) is 12.5. The molecule has 0 radical (unpaired) electrons. The number of aromatic nitrogens is 5. The van der Waals surface area contributed by atoms with Gasteiger partial charge in [0.25, 0.3) is 0 Å². The van der Waals surface area contributed by atoms with Crippen molar-refractivity contribution in [2.75, 3.05) is 7.11 Å². The third-order valence-electron chi connectivity index (χ3n) is 5.64. The Bertz CT molecular complexity index is 1040. The summed E-state index contributed by atoms with van der Waals surface area (Å²) < 4.78 is 22.3. The normalized spacial score (nSPS) is 24.8. The molecular formula is C18H18FN5O2. The molecule has 26 heavy (non-hydrogen) atoms. The zero-order valence-corrected chi connectivity index (χ0v) is 14.5. The van der Waals surface area contributed by atoms with Crippen molar-refractivity contribution >= 4 is 11.6 Å². The zero-order chi connectivity index (χ0) is 18.1. The minimum Gasteiger partial charge on any atom is -0.469 e. The molecule has 7 nitrogen and oxygen atoms in total. The highest BCUT2D eigenvalue weighted by Gasteiger charge is 2.48. The number of hydrogen-bond acceptors (Lipinski definition) is 5. The highest BCUT2D eigenvalue weighted by Crippen LogP contribution is 2.50. The third kappa shape index (κ3) is 2.04. The average Bonchev–Trinajstić information content (AvgIpc) is 3.09. The van der Waals surface area contributed by atoms with Crippen molar-refractivity contribution < 1.29 is 13.9 Å². The molecule has 0 saturated heterocycles. The summed E-state index contributed by atoms with van der Waals surface area (Å²) in [5, 5.41) is 8.49. The van der Waals surface area contributed by atoms with Crippen LogP contribution in [0.3, 0.4) is 0 Å². The van der Waals surface area contributed by atoms with Crippen LogP contribution in [0.15, 0.2) is 24.7 Å². The lowest BCUT2D eigenvalue weighted by molar-refractivity contribution is -0.142. The molecule has 3 aromatic rings. The smallest absolute Gasteiger partial charge is 0.313 e. The minimum absolute atomic E-state index is 0.321. The van der Waals surface area contributed by atoms with Gasteiger partial charge in [0, 0.05) is 35.0 Å². The van der Waals surface area contributed by atoms with Crippen LogP contribution in [0.2, 0.25) is 0 Å². The summed E-state index contributed by atoms with van der Waals surface area (Å²) in [7, 11) is 1.38. The summed E-state index contributed by atoms with van der Waals surface area (Å²) in [5.74, 6) is -1.38. The van der Waals surface area contributed by atoms with Crippen molar-refractivity contribution in [3.05, 3.63) is 47.4 Å². The second-order valence-corrected chi connectivity index (χ2v) is 7.35. The van der Waals surface area contributed by atoms with Gasteiger partial charge in [0.15, 0.2) is 5.65 Å². The van der Waals surface area contributed by atoms with Gasteiger partial charge in [-0.1, -0.05) is 0 Å². The number of rotatable bonds is 3.